The maximum atomic E-state index is 13.1. The number of aliphatic carboxylic acids is 1. The normalized spacial score (nSPS) is 15.3. The molecule has 0 rings (SSSR count). The zero-order valence-corrected chi connectivity index (χ0v) is 14.2. The van der Waals surface area contributed by atoms with Gasteiger partial charge in [-0.25, -0.2) is 4.39 Å². The maximum absolute atomic E-state index is 13.1. The van der Waals surface area contributed by atoms with Gasteiger partial charge in [-0.2, -0.15) is 70.2 Å². The molecule has 188 valence electrons. The Morgan fingerprint density at radius 3 is 1.03 bits per heavy atom. The van der Waals surface area contributed by atoms with Gasteiger partial charge >= 0.3 is 47.6 Å². The first-order valence-electron chi connectivity index (χ1n) is 6.83. The summed E-state index contributed by atoms with van der Waals surface area (Å²) < 4.78 is 214. The van der Waals surface area contributed by atoms with Crippen molar-refractivity contribution < 1.29 is 90.3 Å². The van der Waals surface area contributed by atoms with Crippen LogP contribution in [0.4, 0.5) is 74.6 Å². The van der Waals surface area contributed by atoms with Gasteiger partial charge in [0.1, 0.15) is 5.97 Å². The Morgan fingerprint density at radius 1 is 0.613 bits per heavy atom. The number of carboxylic acid groups (broad SMARTS) is 1. The topological polar surface area (TPSA) is 67.8 Å². The molecule has 0 saturated heterocycles. The van der Waals surface area contributed by atoms with E-state index < -0.39 is 53.6 Å². The molecule has 0 saturated carbocycles. The summed E-state index contributed by atoms with van der Waals surface area (Å²) in [5.41, 5.74) is -5.17. The van der Waals surface area contributed by atoms with E-state index in [-0.39, 0.29) is 0 Å². The highest BCUT2D eigenvalue weighted by molar-refractivity contribution is 5.75. The molecule has 0 bridgehead atoms. The van der Waals surface area contributed by atoms with Gasteiger partial charge < -0.3 is 15.6 Å². The molecule has 0 heterocycles. The summed E-state index contributed by atoms with van der Waals surface area (Å²) in [7, 11) is 0. The third-order valence-electron chi connectivity index (χ3n) is 3.05. The molecule has 3 nitrogen and oxygen atoms in total. The molecule has 0 fully saturated rings. The number of quaternary nitrogens is 1. The molecule has 20 heteroatoms. The quantitative estimate of drug-likeness (QED) is 0.560. The number of carbonyl (C=O) groups is 1. The van der Waals surface area contributed by atoms with E-state index in [1.165, 1.54) is 0 Å². The van der Waals surface area contributed by atoms with Gasteiger partial charge in [0.15, 0.2) is 0 Å². The molecule has 0 aliphatic rings. The van der Waals surface area contributed by atoms with Crippen molar-refractivity contribution >= 4 is 5.97 Å². The lowest BCUT2D eigenvalue weighted by atomic mass is 9.84. The molecule has 0 radical (unpaired) electrons. The minimum absolute atomic E-state index is 1.00. The summed E-state index contributed by atoms with van der Waals surface area (Å²) in [6.45, 7) is 3.01. The minimum Gasteiger partial charge on any atom is -0.544 e. The molecule has 0 aliphatic heterocycles. The molecule has 0 spiro atoms. The number of alkyl halides is 17. The Hall–Kier alpha value is -1.76. The monoisotopic (exact) mass is 509 g/mol. The largest absolute Gasteiger partial charge is 0.544 e. The van der Waals surface area contributed by atoms with Gasteiger partial charge in [-0.1, -0.05) is 0 Å². The first kappa shape index (κ1) is 31.4. The van der Waals surface area contributed by atoms with Crippen LogP contribution in [0.3, 0.4) is 0 Å². The average molecular weight is 509 g/mol. The van der Waals surface area contributed by atoms with Gasteiger partial charge in [-0.3, -0.25) is 0 Å². The minimum atomic E-state index is -8.91. The third kappa shape index (κ3) is 4.30. The van der Waals surface area contributed by atoms with Crippen molar-refractivity contribution in [2.24, 2.45) is 0 Å². The summed E-state index contributed by atoms with van der Waals surface area (Å²) in [6, 6.07) is 0. The van der Waals surface area contributed by atoms with Gasteiger partial charge in [-0.15, -0.1) is 0 Å². The zero-order valence-electron chi connectivity index (χ0n) is 14.2. The number of hydrogen-bond acceptors (Lipinski definition) is 2. The van der Waals surface area contributed by atoms with Gasteiger partial charge in [-0.05, 0) is 6.92 Å². The van der Waals surface area contributed by atoms with E-state index in [4.69, 9.17) is 0 Å². The number of hydrogen-bond donors (Lipinski definition) is 1. The van der Waals surface area contributed by atoms with E-state index in [1.807, 2.05) is 6.92 Å². The van der Waals surface area contributed by atoms with E-state index in [0.29, 0.717) is 0 Å². The predicted octanol–water partition coefficient (Wildman–Crippen LogP) is 2.99. The highest BCUT2D eigenvalue weighted by Gasteiger charge is 2.97. The maximum Gasteiger partial charge on any atom is 0.438 e. The molecule has 0 aromatic heterocycles. The van der Waals surface area contributed by atoms with Crippen LogP contribution in [0.1, 0.15) is 6.92 Å². The Labute approximate surface area is 159 Å². The van der Waals surface area contributed by atoms with Crippen LogP contribution in [0.25, 0.3) is 0 Å². The summed E-state index contributed by atoms with van der Waals surface area (Å²) in [5, 5.41) is 9.67. The van der Waals surface area contributed by atoms with Crippen molar-refractivity contribution in [2.75, 3.05) is 6.54 Å². The van der Waals surface area contributed by atoms with Crippen molar-refractivity contribution in [3.63, 3.8) is 0 Å². The van der Waals surface area contributed by atoms with Crippen molar-refractivity contribution in [1.82, 2.24) is 0 Å². The Balaban J connectivity index is 0. The molecule has 0 aromatic rings. The zero-order chi connectivity index (χ0) is 26.3. The molecule has 0 aromatic carbocycles. The number of carbonyl (C=O) groups excluding carboxylic acids is 1. The van der Waals surface area contributed by atoms with Gasteiger partial charge in [0, 0.05) is 0 Å². The molecule has 31 heavy (non-hydrogen) atoms. The van der Waals surface area contributed by atoms with Crippen molar-refractivity contribution in [2.45, 2.75) is 54.6 Å². The van der Waals surface area contributed by atoms with Crippen LogP contribution < -0.4 is 10.8 Å². The molecule has 3 N–H and O–H groups in total. The van der Waals surface area contributed by atoms with Crippen LogP contribution in [-0.4, -0.2) is 60.1 Å². The lowest BCUT2D eigenvalue weighted by Gasteiger charge is -2.44. The van der Waals surface area contributed by atoms with Gasteiger partial charge in [0.05, 0.1) is 6.54 Å². The predicted molar refractivity (Wildman–Crippen MR) is 59.1 cm³/mol. The fourth-order valence-electron chi connectivity index (χ4n) is 1.45. The highest BCUT2D eigenvalue weighted by atomic mass is 19.4. The molecule has 0 unspecified atom stereocenters. The average Bonchev–Trinajstić information content (AvgIpc) is 2.51. The SMILES string of the molecule is CC[NH3+].O=C([O-])C(F)(F)C(F)(F)C(F)(F)C(F)(F)C(F)(F)C(F)(C(F)(F)F)C(F)(F)F. The number of halogens is 17. The van der Waals surface area contributed by atoms with Crippen LogP contribution in [0.15, 0.2) is 0 Å². The molecular weight excluding hydrogens is 501 g/mol. The molecular formula is C11H8F17NO2. The lowest BCUT2D eigenvalue weighted by Crippen LogP contribution is -2.77. The first-order chi connectivity index (χ1) is 13.1. The van der Waals surface area contributed by atoms with Gasteiger partial charge in [0.25, 0.3) is 0 Å². The molecule has 0 amide bonds. The smallest absolute Gasteiger partial charge is 0.438 e. The Kier molecular flexibility index (Phi) is 8.42. The van der Waals surface area contributed by atoms with Gasteiger partial charge in [0.2, 0.25) is 0 Å². The first-order valence-corrected chi connectivity index (χ1v) is 6.83. The summed E-state index contributed by atoms with van der Waals surface area (Å²) in [6.07, 6.45) is -16.4. The van der Waals surface area contributed by atoms with E-state index in [2.05, 4.69) is 5.73 Å². The standard InChI is InChI=1S/C9HF17O2.C2H7N/c10-2(11,1(27)28)4(13,14)6(17,18)7(19,20)5(15,16)3(12,8(21,22)23)9(24,25)26;1-2-3/h(H,27,28);2-3H2,1H3. The Morgan fingerprint density at radius 2 is 0.839 bits per heavy atom. The van der Waals surface area contributed by atoms with Crippen LogP contribution in [-0.2, 0) is 4.79 Å². The van der Waals surface area contributed by atoms with E-state index in [1.54, 1.807) is 0 Å². The van der Waals surface area contributed by atoms with E-state index >= 15 is 0 Å². The fraction of sp³-hybridized carbons (Fsp3) is 0.909. The van der Waals surface area contributed by atoms with Crippen molar-refractivity contribution in [1.29, 1.82) is 0 Å². The molecule has 0 atom stereocenters. The molecule has 0 aliphatic carbocycles. The van der Waals surface area contributed by atoms with E-state index in [9.17, 15) is 84.5 Å². The van der Waals surface area contributed by atoms with E-state index in [0.717, 1.165) is 6.54 Å². The summed E-state index contributed by atoms with van der Waals surface area (Å²) in [4.78, 5) is 9.67. The van der Waals surface area contributed by atoms with Crippen LogP contribution in [0.2, 0.25) is 0 Å². The second-order valence-electron chi connectivity index (χ2n) is 5.31. The summed E-state index contributed by atoms with van der Waals surface area (Å²) >= 11 is 0. The fourth-order valence-corrected chi connectivity index (χ4v) is 1.45. The lowest BCUT2D eigenvalue weighted by molar-refractivity contribution is -0.467. The van der Waals surface area contributed by atoms with Crippen molar-refractivity contribution in [3.05, 3.63) is 0 Å². The Bertz CT molecular complexity index is 621. The van der Waals surface area contributed by atoms with Crippen LogP contribution >= 0.6 is 0 Å². The highest BCUT2D eigenvalue weighted by Crippen LogP contribution is 2.65. The second-order valence-corrected chi connectivity index (χ2v) is 5.31. The third-order valence-corrected chi connectivity index (χ3v) is 3.05. The summed E-state index contributed by atoms with van der Waals surface area (Å²) in [5.74, 6) is -47.0. The van der Waals surface area contributed by atoms with Crippen LogP contribution in [0.5, 0.6) is 0 Å². The van der Waals surface area contributed by atoms with Crippen LogP contribution in [0, 0.1) is 0 Å². The number of rotatable bonds is 6. The second kappa shape index (κ2) is 8.30. The van der Waals surface area contributed by atoms with Crippen molar-refractivity contribution in [3.8, 4) is 0 Å². The number of carboxylic acids is 1.